The molecule has 7 heteroatoms. The third kappa shape index (κ3) is 1.86. The van der Waals surface area contributed by atoms with Crippen molar-refractivity contribution in [2.24, 2.45) is 7.05 Å². The second-order valence-corrected chi connectivity index (χ2v) is 3.32. The van der Waals surface area contributed by atoms with Crippen molar-refractivity contribution in [1.82, 2.24) is 14.8 Å². The first-order chi connectivity index (χ1) is 8.00. The summed E-state index contributed by atoms with van der Waals surface area (Å²) in [7, 11) is 1.38. The van der Waals surface area contributed by atoms with Crippen molar-refractivity contribution in [3.8, 4) is 11.3 Å². The maximum atomic E-state index is 13.4. The van der Waals surface area contributed by atoms with Gasteiger partial charge in [0.15, 0.2) is 11.6 Å². The molecule has 0 saturated carbocycles. The van der Waals surface area contributed by atoms with Gasteiger partial charge in [0.25, 0.3) is 0 Å². The second-order valence-electron chi connectivity index (χ2n) is 3.32. The Balaban J connectivity index is 2.62. The van der Waals surface area contributed by atoms with Gasteiger partial charge in [-0.15, -0.1) is 0 Å². The first-order valence-corrected chi connectivity index (χ1v) is 4.57. The molecule has 0 bridgehead atoms. The molecule has 0 aliphatic carbocycles. The number of rotatable bonds is 2. The lowest BCUT2D eigenvalue weighted by Gasteiger charge is -1.99. The van der Waals surface area contributed by atoms with E-state index < -0.39 is 17.6 Å². The largest absolute Gasteiger partial charge is 0.477 e. The van der Waals surface area contributed by atoms with E-state index in [-0.39, 0.29) is 17.0 Å². The first kappa shape index (κ1) is 11.2. The van der Waals surface area contributed by atoms with E-state index in [0.717, 1.165) is 23.1 Å². The molecule has 0 fully saturated rings. The Labute approximate surface area is 94.3 Å². The summed E-state index contributed by atoms with van der Waals surface area (Å²) in [6, 6.07) is 1.10. The summed E-state index contributed by atoms with van der Waals surface area (Å²) in [5.41, 5.74) is -0.624. The summed E-state index contributed by atoms with van der Waals surface area (Å²) in [4.78, 5) is 14.1. The van der Waals surface area contributed by atoms with Crippen LogP contribution >= 0.6 is 0 Å². The quantitative estimate of drug-likeness (QED) is 0.861. The number of nitrogens with zero attached hydrogens (tertiary/aromatic N) is 3. The Morgan fingerprint density at radius 2 is 1.94 bits per heavy atom. The number of pyridine rings is 1. The van der Waals surface area contributed by atoms with Crippen LogP contribution in [0.2, 0.25) is 0 Å². The summed E-state index contributed by atoms with van der Waals surface area (Å²) < 4.78 is 27.8. The zero-order chi connectivity index (χ0) is 12.6. The van der Waals surface area contributed by atoms with E-state index in [2.05, 4.69) is 10.1 Å². The fourth-order valence-corrected chi connectivity index (χ4v) is 1.45. The number of halogens is 2. The van der Waals surface area contributed by atoms with Gasteiger partial charge in [0, 0.05) is 7.05 Å². The molecule has 5 nitrogen and oxygen atoms in total. The molecule has 0 aliphatic heterocycles. The van der Waals surface area contributed by atoms with Gasteiger partial charge in [-0.3, -0.25) is 9.67 Å². The van der Waals surface area contributed by atoms with E-state index in [1.165, 1.54) is 7.05 Å². The Hall–Kier alpha value is -2.31. The second kappa shape index (κ2) is 3.93. The fraction of sp³-hybridized carbons (Fsp3) is 0.100. The first-order valence-electron chi connectivity index (χ1n) is 4.57. The van der Waals surface area contributed by atoms with Crippen molar-refractivity contribution in [3.63, 3.8) is 0 Å². The molecular formula is C10H7F2N3O2. The highest BCUT2D eigenvalue weighted by molar-refractivity contribution is 5.87. The van der Waals surface area contributed by atoms with Crippen LogP contribution in [0.15, 0.2) is 18.5 Å². The van der Waals surface area contributed by atoms with Gasteiger partial charge in [0.1, 0.15) is 5.69 Å². The molecule has 0 unspecified atom stereocenters. The number of carboxylic acids is 1. The van der Waals surface area contributed by atoms with E-state index in [1.807, 2.05) is 0 Å². The van der Waals surface area contributed by atoms with Gasteiger partial charge < -0.3 is 5.11 Å². The minimum absolute atomic E-state index is 0.0812. The van der Waals surface area contributed by atoms with Crippen molar-refractivity contribution in [2.45, 2.75) is 0 Å². The van der Waals surface area contributed by atoms with E-state index >= 15 is 0 Å². The minimum Gasteiger partial charge on any atom is -0.477 e. The number of aryl methyl sites for hydroxylation is 1. The molecule has 0 aromatic carbocycles. The SMILES string of the molecule is Cn1nc(-c2c(F)cncc2F)cc1C(=O)O. The maximum Gasteiger partial charge on any atom is 0.354 e. The van der Waals surface area contributed by atoms with Gasteiger partial charge in [0.2, 0.25) is 0 Å². The summed E-state index contributed by atoms with van der Waals surface area (Å²) >= 11 is 0. The molecule has 2 aromatic heterocycles. The molecular weight excluding hydrogens is 232 g/mol. The molecule has 1 N–H and O–H groups in total. The van der Waals surface area contributed by atoms with Crippen LogP contribution in [0, 0.1) is 11.6 Å². The number of hydrogen-bond acceptors (Lipinski definition) is 3. The van der Waals surface area contributed by atoms with E-state index in [4.69, 9.17) is 5.11 Å². The third-order valence-corrected chi connectivity index (χ3v) is 2.21. The lowest BCUT2D eigenvalue weighted by molar-refractivity contribution is 0.0685. The van der Waals surface area contributed by atoms with E-state index in [9.17, 15) is 13.6 Å². The van der Waals surface area contributed by atoms with Crippen molar-refractivity contribution in [1.29, 1.82) is 0 Å². The van der Waals surface area contributed by atoms with Crippen LogP contribution in [0.3, 0.4) is 0 Å². The highest BCUT2D eigenvalue weighted by atomic mass is 19.1. The zero-order valence-corrected chi connectivity index (χ0v) is 8.69. The van der Waals surface area contributed by atoms with Crippen molar-refractivity contribution in [2.75, 3.05) is 0 Å². The topological polar surface area (TPSA) is 68.0 Å². The summed E-state index contributed by atoms with van der Waals surface area (Å²) in [5.74, 6) is -3.00. The molecule has 0 aliphatic rings. The molecule has 2 heterocycles. The predicted octanol–water partition coefficient (Wildman–Crippen LogP) is 1.46. The highest BCUT2D eigenvalue weighted by Gasteiger charge is 2.18. The normalized spacial score (nSPS) is 10.5. The number of carbonyl (C=O) groups is 1. The molecule has 2 rings (SSSR count). The molecule has 0 radical (unpaired) electrons. The van der Waals surface area contributed by atoms with Gasteiger partial charge >= 0.3 is 5.97 Å². The minimum atomic E-state index is -1.22. The van der Waals surface area contributed by atoms with Crippen LogP contribution in [-0.4, -0.2) is 25.8 Å². The number of aromatic carboxylic acids is 1. The van der Waals surface area contributed by atoms with Gasteiger partial charge in [-0.2, -0.15) is 5.10 Å². The van der Waals surface area contributed by atoms with Crippen LogP contribution in [0.4, 0.5) is 8.78 Å². The Morgan fingerprint density at radius 3 is 2.41 bits per heavy atom. The molecule has 88 valence electrons. The smallest absolute Gasteiger partial charge is 0.354 e. The van der Waals surface area contributed by atoms with Crippen molar-refractivity contribution in [3.05, 3.63) is 35.8 Å². The van der Waals surface area contributed by atoms with Crippen LogP contribution in [0.5, 0.6) is 0 Å². The number of aromatic nitrogens is 3. The third-order valence-electron chi connectivity index (χ3n) is 2.21. The van der Waals surface area contributed by atoms with Crippen LogP contribution < -0.4 is 0 Å². The molecule has 2 aromatic rings. The van der Waals surface area contributed by atoms with Crippen LogP contribution in [-0.2, 0) is 7.05 Å². The van der Waals surface area contributed by atoms with Gasteiger partial charge in [-0.1, -0.05) is 0 Å². The summed E-state index contributed by atoms with van der Waals surface area (Å²) in [6.07, 6.45) is 1.68. The maximum absolute atomic E-state index is 13.4. The van der Waals surface area contributed by atoms with E-state index in [0.29, 0.717) is 0 Å². The molecule has 17 heavy (non-hydrogen) atoms. The monoisotopic (exact) mass is 239 g/mol. The Bertz CT molecular complexity index is 575. The number of carboxylic acid groups (broad SMARTS) is 1. The molecule has 0 atom stereocenters. The summed E-state index contributed by atoms with van der Waals surface area (Å²) in [6.45, 7) is 0. The Morgan fingerprint density at radius 1 is 1.35 bits per heavy atom. The van der Waals surface area contributed by atoms with Gasteiger partial charge in [0.05, 0.1) is 23.7 Å². The van der Waals surface area contributed by atoms with E-state index in [1.54, 1.807) is 0 Å². The highest BCUT2D eigenvalue weighted by Crippen LogP contribution is 2.24. The average molecular weight is 239 g/mol. The summed E-state index contributed by atoms with van der Waals surface area (Å²) in [5, 5.41) is 12.6. The fourth-order valence-electron chi connectivity index (χ4n) is 1.45. The molecule has 0 saturated heterocycles. The molecule has 0 spiro atoms. The van der Waals surface area contributed by atoms with Crippen molar-refractivity contribution < 1.29 is 18.7 Å². The lowest BCUT2D eigenvalue weighted by Crippen LogP contribution is -2.04. The van der Waals surface area contributed by atoms with Crippen molar-refractivity contribution >= 4 is 5.97 Å². The number of hydrogen-bond donors (Lipinski definition) is 1. The molecule has 0 amide bonds. The zero-order valence-electron chi connectivity index (χ0n) is 8.69. The predicted molar refractivity (Wildman–Crippen MR) is 53.3 cm³/mol. The van der Waals surface area contributed by atoms with Crippen LogP contribution in [0.1, 0.15) is 10.5 Å². The standard InChI is InChI=1S/C10H7F2N3O2/c1-15-8(10(16)17)2-7(14-15)9-5(11)3-13-4-6(9)12/h2-4H,1H3,(H,16,17). The van der Waals surface area contributed by atoms with Crippen LogP contribution in [0.25, 0.3) is 11.3 Å². The average Bonchev–Trinajstić information content (AvgIpc) is 2.60. The van der Waals surface area contributed by atoms with Gasteiger partial charge in [-0.05, 0) is 6.07 Å². The Kier molecular flexibility index (Phi) is 2.58. The van der Waals surface area contributed by atoms with Gasteiger partial charge in [-0.25, -0.2) is 13.6 Å². The lowest BCUT2D eigenvalue weighted by atomic mass is 10.1.